The van der Waals surface area contributed by atoms with Crippen molar-refractivity contribution in [3.63, 3.8) is 0 Å². The van der Waals surface area contributed by atoms with Crippen LogP contribution in [0.3, 0.4) is 0 Å². The number of carbonyl (C=O) groups is 1. The number of benzene rings is 3. The maximum atomic E-state index is 14.8. The highest BCUT2D eigenvalue weighted by atomic mass is 19.1. The van der Waals surface area contributed by atoms with E-state index in [1.54, 1.807) is 31.2 Å². The number of methoxy groups -OCH3 is 1. The predicted octanol–water partition coefficient (Wildman–Crippen LogP) is 5.21. The van der Waals surface area contributed by atoms with E-state index in [1.807, 2.05) is 0 Å². The molecule has 5 aromatic rings. The van der Waals surface area contributed by atoms with E-state index in [9.17, 15) is 18.0 Å². The van der Waals surface area contributed by atoms with Crippen LogP contribution in [0.25, 0.3) is 22.4 Å². The highest BCUT2D eigenvalue weighted by molar-refractivity contribution is 5.99. The minimum atomic E-state index is -0.839. The first-order valence-corrected chi connectivity index (χ1v) is 12.1. The summed E-state index contributed by atoms with van der Waals surface area (Å²) >= 11 is 0. The fraction of sp³-hybridized carbons (Fsp3) is 0.143. The van der Waals surface area contributed by atoms with Gasteiger partial charge in [0.1, 0.15) is 28.9 Å². The maximum absolute atomic E-state index is 14.8. The van der Waals surface area contributed by atoms with Crippen LogP contribution in [-0.4, -0.2) is 39.4 Å². The standard InChI is InChI=1S/C28H23F3N6O3/c1-3-40-16-11-20(30)19(21(31)12-16)14-37-23-7-5-4-6-17(23)25(36-37)28-33-13-24(39-2)27(35-28)34-22-9-8-15(29)10-18(22)26(32)38/h4-13H,3,14H2,1-2H3,(H2,32,38)(H,33,34,35). The first kappa shape index (κ1) is 26.5. The fourth-order valence-corrected chi connectivity index (χ4v) is 4.22. The Kier molecular flexibility index (Phi) is 7.23. The molecule has 2 heterocycles. The third-order valence-electron chi connectivity index (χ3n) is 6.08. The second kappa shape index (κ2) is 10.9. The topological polar surface area (TPSA) is 117 Å². The molecule has 0 spiro atoms. The number of amides is 1. The van der Waals surface area contributed by atoms with Gasteiger partial charge in [-0.2, -0.15) is 5.10 Å². The third-order valence-corrected chi connectivity index (χ3v) is 6.08. The average molecular weight is 549 g/mol. The summed E-state index contributed by atoms with van der Waals surface area (Å²) in [4.78, 5) is 20.8. The van der Waals surface area contributed by atoms with Gasteiger partial charge in [0.2, 0.25) is 0 Å². The zero-order chi connectivity index (χ0) is 28.4. The summed E-state index contributed by atoms with van der Waals surface area (Å²) < 4.78 is 55.5. The van der Waals surface area contributed by atoms with Gasteiger partial charge in [0.15, 0.2) is 17.4 Å². The fourth-order valence-electron chi connectivity index (χ4n) is 4.22. The first-order valence-electron chi connectivity index (χ1n) is 12.1. The van der Waals surface area contributed by atoms with Crippen LogP contribution >= 0.6 is 0 Å². The molecule has 5 rings (SSSR count). The lowest BCUT2D eigenvalue weighted by Gasteiger charge is -2.13. The Bertz CT molecular complexity index is 1720. The summed E-state index contributed by atoms with van der Waals surface area (Å²) in [5, 5.41) is 8.17. The molecule has 0 aliphatic carbocycles. The SMILES string of the molecule is CCOc1cc(F)c(Cn2nc(-c3ncc(OC)c(Nc4ccc(F)cc4C(N)=O)n3)c3ccccc32)c(F)c1. The molecular weight excluding hydrogens is 525 g/mol. The number of nitrogens with zero attached hydrogens (tertiary/aromatic N) is 4. The molecule has 40 heavy (non-hydrogen) atoms. The third kappa shape index (κ3) is 5.10. The number of ether oxygens (including phenoxy) is 2. The van der Waals surface area contributed by atoms with Crippen LogP contribution in [0.2, 0.25) is 0 Å². The van der Waals surface area contributed by atoms with E-state index >= 15 is 0 Å². The summed E-state index contributed by atoms with van der Waals surface area (Å²) in [6, 6.07) is 12.9. The Morgan fingerprint density at radius 1 is 1.07 bits per heavy atom. The van der Waals surface area contributed by atoms with Crippen LogP contribution in [0.15, 0.2) is 60.8 Å². The largest absolute Gasteiger partial charge is 0.494 e. The van der Waals surface area contributed by atoms with Gasteiger partial charge in [0.25, 0.3) is 5.91 Å². The molecule has 0 bridgehead atoms. The summed E-state index contributed by atoms with van der Waals surface area (Å²) in [5.41, 5.74) is 6.28. The van der Waals surface area contributed by atoms with Gasteiger partial charge < -0.3 is 20.5 Å². The number of nitrogens with two attached hydrogens (primary N) is 1. The van der Waals surface area contributed by atoms with Gasteiger partial charge in [-0.3, -0.25) is 9.48 Å². The van der Waals surface area contributed by atoms with Crippen LogP contribution in [0.4, 0.5) is 24.7 Å². The summed E-state index contributed by atoms with van der Waals surface area (Å²) in [5.74, 6) is -2.36. The molecule has 0 radical (unpaired) electrons. The van der Waals surface area contributed by atoms with E-state index in [0.717, 1.165) is 24.3 Å². The number of fused-ring (bicyclic) bond motifs is 1. The Hall–Kier alpha value is -5.13. The summed E-state index contributed by atoms with van der Waals surface area (Å²) in [6.07, 6.45) is 1.40. The zero-order valence-corrected chi connectivity index (χ0v) is 21.4. The van der Waals surface area contributed by atoms with E-state index in [1.165, 1.54) is 24.1 Å². The normalized spacial score (nSPS) is 11.0. The molecule has 0 fully saturated rings. The number of para-hydroxylation sites is 1. The van der Waals surface area contributed by atoms with Crippen LogP contribution in [0.5, 0.6) is 11.5 Å². The number of halogens is 3. The van der Waals surface area contributed by atoms with Gasteiger partial charge >= 0.3 is 0 Å². The molecule has 0 unspecified atom stereocenters. The number of anilines is 2. The molecule has 9 nitrogen and oxygen atoms in total. The van der Waals surface area contributed by atoms with Crippen molar-refractivity contribution in [1.82, 2.24) is 19.7 Å². The molecular formula is C28H23F3N6O3. The van der Waals surface area contributed by atoms with E-state index in [0.29, 0.717) is 16.6 Å². The molecule has 3 N–H and O–H groups in total. The minimum absolute atomic E-state index is 0.0867. The van der Waals surface area contributed by atoms with Crippen molar-refractivity contribution in [3.8, 4) is 23.0 Å². The predicted molar refractivity (Wildman–Crippen MR) is 142 cm³/mol. The number of aromatic nitrogens is 4. The lowest BCUT2D eigenvalue weighted by molar-refractivity contribution is 0.100. The van der Waals surface area contributed by atoms with Crippen LogP contribution in [0.1, 0.15) is 22.8 Å². The number of hydrogen-bond donors (Lipinski definition) is 2. The maximum Gasteiger partial charge on any atom is 0.250 e. The molecule has 0 atom stereocenters. The Morgan fingerprint density at radius 3 is 2.52 bits per heavy atom. The Balaban J connectivity index is 1.57. The van der Waals surface area contributed by atoms with E-state index in [4.69, 9.17) is 15.2 Å². The van der Waals surface area contributed by atoms with Gasteiger partial charge in [-0.05, 0) is 31.2 Å². The number of primary amides is 1. The second-order valence-electron chi connectivity index (χ2n) is 8.61. The molecule has 0 aliphatic rings. The van der Waals surface area contributed by atoms with Gasteiger partial charge in [0, 0.05) is 23.1 Å². The van der Waals surface area contributed by atoms with Crippen molar-refractivity contribution in [2.24, 2.45) is 5.73 Å². The molecule has 2 aromatic heterocycles. The van der Waals surface area contributed by atoms with Crippen LogP contribution in [0, 0.1) is 17.5 Å². The van der Waals surface area contributed by atoms with E-state index in [2.05, 4.69) is 20.4 Å². The van der Waals surface area contributed by atoms with Crippen molar-refractivity contribution in [2.75, 3.05) is 19.0 Å². The van der Waals surface area contributed by atoms with Crippen molar-refractivity contribution >= 4 is 28.3 Å². The smallest absolute Gasteiger partial charge is 0.250 e. The number of carbonyl (C=O) groups excluding carboxylic acids is 1. The highest BCUT2D eigenvalue weighted by Crippen LogP contribution is 2.32. The average Bonchev–Trinajstić information content (AvgIpc) is 3.30. The zero-order valence-electron chi connectivity index (χ0n) is 21.4. The van der Waals surface area contributed by atoms with E-state index in [-0.39, 0.29) is 53.1 Å². The number of nitrogens with one attached hydrogen (secondary N) is 1. The molecule has 3 aromatic carbocycles. The lowest BCUT2D eigenvalue weighted by Crippen LogP contribution is -2.14. The Labute approximate surface area is 226 Å². The van der Waals surface area contributed by atoms with Gasteiger partial charge in [-0.15, -0.1) is 0 Å². The van der Waals surface area contributed by atoms with Crippen molar-refractivity contribution in [3.05, 3.63) is 89.4 Å². The number of hydrogen-bond acceptors (Lipinski definition) is 7. The van der Waals surface area contributed by atoms with E-state index < -0.39 is 23.4 Å². The molecule has 0 saturated carbocycles. The van der Waals surface area contributed by atoms with Gasteiger partial charge in [0.05, 0.1) is 43.2 Å². The molecule has 204 valence electrons. The lowest BCUT2D eigenvalue weighted by atomic mass is 10.1. The first-order chi connectivity index (χ1) is 19.3. The molecule has 0 aliphatic heterocycles. The monoisotopic (exact) mass is 548 g/mol. The second-order valence-corrected chi connectivity index (χ2v) is 8.61. The van der Waals surface area contributed by atoms with Gasteiger partial charge in [-0.1, -0.05) is 18.2 Å². The minimum Gasteiger partial charge on any atom is -0.494 e. The molecule has 0 saturated heterocycles. The van der Waals surface area contributed by atoms with Crippen LogP contribution in [-0.2, 0) is 6.54 Å². The van der Waals surface area contributed by atoms with Gasteiger partial charge in [-0.25, -0.2) is 23.1 Å². The Morgan fingerprint density at radius 2 is 1.82 bits per heavy atom. The van der Waals surface area contributed by atoms with Crippen molar-refractivity contribution in [1.29, 1.82) is 0 Å². The molecule has 1 amide bonds. The van der Waals surface area contributed by atoms with Crippen molar-refractivity contribution < 1.29 is 27.4 Å². The van der Waals surface area contributed by atoms with Crippen molar-refractivity contribution in [2.45, 2.75) is 13.5 Å². The summed E-state index contributed by atoms with van der Waals surface area (Å²) in [6.45, 7) is 1.79. The number of rotatable bonds is 9. The molecule has 12 heteroatoms. The summed E-state index contributed by atoms with van der Waals surface area (Å²) in [7, 11) is 1.41. The quantitative estimate of drug-likeness (QED) is 0.260. The van der Waals surface area contributed by atoms with Crippen LogP contribution < -0.4 is 20.5 Å². The highest BCUT2D eigenvalue weighted by Gasteiger charge is 2.20.